The molecule has 2 saturated heterocycles. The Balaban J connectivity index is 1.31. The van der Waals surface area contributed by atoms with E-state index in [4.69, 9.17) is 9.47 Å². The summed E-state index contributed by atoms with van der Waals surface area (Å²) in [5.74, 6) is 1.31. The van der Waals surface area contributed by atoms with Crippen LogP contribution >= 0.6 is 0 Å². The molecule has 1 saturated carbocycles. The van der Waals surface area contributed by atoms with Crippen molar-refractivity contribution in [3.05, 3.63) is 35.5 Å². The number of benzene rings is 1. The van der Waals surface area contributed by atoms with E-state index in [9.17, 15) is 0 Å². The number of nitrogens with zero attached hydrogens (tertiary/aromatic N) is 1. The van der Waals surface area contributed by atoms with E-state index in [0.29, 0.717) is 6.04 Å². The number of rotatable bonds is 0. The summed E-state index contributed by atoms with van der Waals surface area (Å²) in [4.78, 5) is 6.50. The van der Waals surface area contributed by atoms with Crippen LogP contribution in [0.25, 0.3) is 10.9 Å². The van der Waals surface area contributed by atoms with Gasteiger partial charge < -0.3 is 14.5 Å². The molecule has 0 bridgehead atoms. The van der Waals surface area contributed by atoms with Crippen molar-refractivity contribution in [1.29, 1.82) is 0 Å². The van der Waals surface area contributed by atoms with E-state index in [2.05, 4.69) is 34.1 Å². The Morgan fingerprint density at radius 3 is 2.92 bits per heavy atom. The first-order valence-electron chi connectivity index (χ1n) is 9.93. The first-order chi connectivity index (χ1) is 12.3. The zero-order valence-corrected chi connectivity index (χ0v) is 14.7. The summed E-state index contributed by atoms with van der Waals surface area (Å²) in [7, 11) is 0. The highest BCUT2D eigenvalue weighted by Crippen LogP contribution is 2.50. The average Bonchev–Trinajstić information content (AvgIpc) is 3.25. The zero-order chi connectivity index (χ0) is 16.4. The minimum atomic E-state index is -0.240. The maximum Gasteiger partial charge on any atom is 0.168 e. The fourth-order valence-corrected chi connectivity index (χ4v) is 6.03. The van der Waals surface area contributed by atoms with Crippen LogP contribution in [0, 0.1) is 11.8 Å². The summed E-state index contributed by atoms with van der Waals surface area (Å²) in [6.45, 7) is 3.96. The number of piperidine rings is 1. The summed E-state index contributed by atoms with van der Waals surface area (Å²) < 4.78 is 12.0. The van der Waals surface area contributed by atoms with Crippen molar-refractivity contribution in [1.82, 2.24) is 9.88 Å². The molecule has 4 heterocycles. The molecule has 4 heteroatoms. The van der Waals surface area contributed by atoms with Crippen LogP contribution < -0.4 is 0 Å². The molecular weight excluding hydrogens is 312 g/mol. The van der Waals surface area contributed by atoms with Crippen molar-refractivity contribution in [3.63, 3.8) is 0 Å². The highest BCUT2D eigenvalue weighted by molar-refractivity contribution is 5.85. The van der Waals surface area contributed by atoms with E-state index in [1.807, 2.05) is 0 Å². The largest absolute Gasteiger partial charge is 0.357 e. The lowest BCUT2D eigenvalue weighted by atomic mass is 9.69. The molecule has 1 aromatic carbocycles. The third kappa shape index (κ3) is 2.17. The summed E-state index contributed by atoms with van der Waals surface area (Å²) in [6, 6.07) is 9.40. The second-order valence-corrected chi connectivity index (χ2v) is 8.43. The molecule has 4 nitrogen and oxygen atoms in total. The van der Waals surface area contributed by atoms with Gasteiger partial charge in [-0.1, -0.05) is 18.2 Å². The quantitative estimate of drug-likeness (QED) is 0.797. The molecule has 3 fully saturated rings. The molecule has 1 N–H and O–H groups in total. The minimum Gasteiger partial charge on any atom is -0.357 e. The number of hydrogen-bond acceptors (Lipinski definition) is 3. The number of nitrogens with one attached hydrogen (secondary N) is 1. The van der Waals surface area contributed by atoms with Crippen molar-refractivity contribution < 1.29 is 9.47 Å². The monoisotopic (exact) mass is 338 g/mol. The Morgan fingerprint density at radius 1 is 1.12 bits per heavy atom. The summed E-state index contributed by atoms with van der Waals surface area (Å²) in [5.41, 5.74) is 4.39. The van der Waals surface area contributed by atoms with E-state index in [-0.39, 0.29) is 5.79 Å². The van der Waals surface area contributed by atoms with Crippen LogP contribution in [0.2, 0.25) is 0 Å². The smallest absolute Gasteiger partial charge is 0.168 e. The van der Waals surface area contributed by atoms with Crippen molar-refractivity contribution in [3.8, 4) is 0 Å². The Bertz CT molecular complexity index is 807. The predicted octanol–water partition coefficient (Wildman–Crippen LogP) is 3.63. The van der Waals surface area contributed by atoms with Crippen LogP contribution in [0.1, 0.15) is 43.0 Å². The molecule has 0 unspecified atom stereocenters. The van der Waals surface area contributed by atoms with Crippen molar-refractivity contribution in [2.75, 3.05) is 26.3 Å². The van der Waals surface area contributed by atoms with E-state index >= 15 is 0 Å². The van der Waals surface area contributed by atoms with Crippen LogP contribution in [-0.2, 0) is 15.9 Å². The molecule has 0 radical (unpaired) electrons. The minimum absolute atomic E-state index is 0.240. The lowest BCUT2D eigenvalue weighted by Crippen LogP contribution is -2.51. The van der Waals surface area contributed by atoms with Gasteiger partial charge >= 0.3 is 0 Å². The first kappa shape index (κ1) is 14.8. The van der Waals surface area contributed by atoms with Gasteiger partial charge in [-0.3, -0.25) is 4.90 Å². The molecule has 25 heavy (non-hydrogen) atoms. The van der Waals surface area contributed by atoms with Gasteiger partial charge in [0.15, 0.2) is 5.79 Å². The molecule has 3 atom stereocenters. The van der Waals surface area contributed by atoms with Crippen LogP contribution in [0.4, 0.5) is 0 Å². The molecule has 6 rings (SSSR count). The van der Waals surface area contributed by atoms with E-state index in [1.54, 1.807) is 5.56 Å². The number of aromatic nitrogens is 1. The molecular formula is C21H26N2O2. The molecule has 3 aliphatic heterocycles. The summed E-state index contributed by atoms with van der Waals surface area (Å²) in [6.07, 6.45) is 5.90. The third-order valence-electron chi connectivity index (χ3n) is 7.21. The lowest BCUT2D eigenvalue weighted by Gasteiger charge is -2.51. The van der Waals surface area contributed by atoms with Gasteiger partial charge in [0, 0.05) is 42.5 Å². The normalized spacial score (nSPS) is 34.0. The van der Waals surface area contributed by atoms with Crippen LogP contribution in [-0.4, -0.2) is 42.0 Å². The topological polar surface area (TPSA) is 37.5 Å². The second kappa shape index (κ2) is 5.32. The average molecular weight is 338 g/mol. The van der Waals surface area contributed by atoms with Gasteiger partial charge in [-0.05, 0) is 42.7 Å². The molecule has 1 spiro atoms. The first-order valence-corrected chi connectivity index (χ1v) is 9.93. The van der Waals surface area contributed by atoms with Crippen LogP contribution in [0.3, 0.4) is 0 Å². The maximum absolute atomic E-state index is 6.02. The van der Waals surface area contributed by atoms with E-state index in [0.717, 1.165) is 37.9 Å². The molecule has 1 aliphatic carbocycles. The Labute approximate surface area is 148 Å². The van der Waals surface area contributed by atoms with Gasteiger partial charge in [-0.2, -0.15) is 0 Å². The van der Waals surface area contributed by atoms with Gasteiger partial charge in [0.05, 0.1) is 19.3 Å². The SMILES string of the molecule is c1ccc2c3c([nH]c2c1)[C@@H]1C[C@@H]2CCC4(C[C@H]2CN1CC3)OCCO4. The second-order valence-electron chi connectivity index (χ2n) is 8.43. The Kier molecular flexibility index (Phi) is 3.14. The summed E-state index contributed by atoms with van der Waals surface area (Å²) >= 11 is 0. The van der Waals surface area contributed by atoms with E-state index < -0.39 is 0 Å². The van der Waals surface area contributed by atoms with Crippen molar-refractivity contribution in [2.45, 2.75) is 43.9 Å². The Hall–Kier alpha value is -1.36. The number of fused-ring (bicyclic) bond motifs is 6. The van der Waals surface area contributed by atoms with Crippen LogP contribution in [0.5, 0.6) is 0 Å². The van der Waals surface area contributed by atoms with Gasteiger partial charge in [0.25, 0.3) is 0 Å². The maximum atomic E-state index is 6.02. The highest BCUT2D eigenvalue weighted by atomic mass is 16.7. The van der Waals surface area contributed by atoms with Crippen molar-refractivity contribution in [2.24, 2.45) is 11.8 Å². The fourth-order valence-electron chi connectivity index (χ4n) is 6.03. The number of ether oxygens (including phenoxy) is 2. The standard InChI is InChI=1S/C21H26N2O2/c1-2-4-18-16(3-1)17-6-8-23-13-15-12-21(24-9-10-25-21)7-5-14(15)11-19(23)20(17)22-18/h1-4,14-15,19,22H,5-13H2/t14-,15-,19-/m0/s1. The number of hydrogen-bond donors (Lipinski definition) is 1. The number of aromatic amines is 1. The predicted molar refractivity (Wildman–Crippen MR) is 96.4 cm³/mol. The third-order valence-corrected chi connectivity index (χ3v) is 7.21. The number of para-hydroxylation sites is 1. The highest BCUT2D eigenvalue weighted by Gasteiger charge is 2.49. The van der Waals surface area contributed by atoms with Crippen molar-refractivity contribution >= 4 is 10.9 Å². The zero-order valence-electron chi connectivity index (χ0n) is 14.7. The molecule has 2 aromatic rings. The van der Waals surface area contributed by atoms with Gasteiger partial charge in [0.2, 0.25) is 0 Å². The van der Waals surface area contributed by atoms with Gasteiger partial charge in [0.1, 0.15) is 0 Å². The lowest BCUT2D eigenvalue weighted by molar-refractivity contribution is -0.203. The fraction of sp³-hybridized carbons (Fsp3) is 0.619. The molecule has 132 valence electrons. The van der Waals surface area contributed by atoms with E-state index in [1.165, 1.54) is 48.9 Å². The molecule has 1 aromatic heterocycles. The molecule has 0 amide bonds. The van der Waals surface area contributed by atoms with Crippen LogP contribution in [0.15, 0.2) is 24.3 Å². The molecule has 4 aliphatic rings. The Morgan fingerprint density at radius 2 is 2.00 bits per heavy atom. The van der Waals surface area contributed by atoms with Gasteiger partial charge in [-0.25, -0.2) is 0 Å². The number of H-pyrrole nitrogens is 1. The van der Waals surface area contributed by atoms with Gasteiger partial charge in [-0.15, -0.1) is 0 Å². The summed E-state index contributed by atoms with van der Waals surface area (Å²) in [5, 5.41) is 1.44.